The average Bonchev–Trinajstić information content (AvgIpc) is 3.53. The highest BCUT2D eigenvalue weighted by Crippen LogP contribution is 2.49. The molecular formula is C28H35F3N8O. The van der Waals surface area contributed by atoms with Crippen LogP contribution in [-0.4, -0.2) is 48.4 Å². The summed E-state index contributed by atoms with van der Waals surface area (Å²) in [6, 6.07) is 1.22. The molecule has 3 aromatic rings. The maximum Gasteiger partial charge on any atom is 0.435 e. The van der Waals surface area contributed by atoms with Gasteiger partial charge in [0, 0.05) is 18.2 Å². The molecule has 0 radical (unpaired) electrons. The monoisotopic (exact) mass is 556 g/mol. The van der Waals surface area contributed by atoms with Crippen molar-refractivity contribution in [3.63, 3.8) is 0 Å². The van der Waals surface area contributed by atoms with Gasteiger partial charge in [0.25, 0.3) is 0 Å². The zero-order chi connectivity index (χ0) is 28.0. The van der Waals surface area contributed by atoms with Gasteiger partial charge in [-0.15, -0.1) is 0 Å². The first-order chi connectivity index (χ1) is 19.2. The van der Waals surface area contributed by atoms with Crippen LogP contribution < -0.4 is 10.1 Å². The molecule has 0 spiro atoms. The molecule has 3 aliphatic rings. The van der Waals surface area contributed by atoms with Gasteiger partial charge in [0.1, 0.15) is 18.2 Å². The molecule has 214 valence electrons. The molecule has 3 aromatic heterocycles. The first-order valence-corrected chi connectivity index (χ1v) is 14.2. The Morgan fingerprint density at radius 3 is 2.50 bits per heavy atom. The number of hydrogen-bond donors (Lipinski definition) is 1. The van der Waals surface area contributed by atoms with Crippen LogP contribution in [0.15, 0.2) is 18.7 Å². The average molecular weight is 557 g/mol. The summed E-state index contributed by atoms with van der Waals surface area (Å²) in [5, 5.41) is 7.54. The van der Waals surface area contributed by atoms with E-state index in [4.69, 9.17) is 9.72 Å². The van der Waals surface area contributed by atoms with Crippen molar-refractivity contribution < 1.29 is 17.9 Å². The van der Waals surface area contributed by atoms with E-state index < -0.39 is 11.9 Å². The number of nitrogens with zero attached hydrogens (tertiary/aromatic N) is 7. The van der Waals surface area contributed by atoms with E-state index in [1.54, 1.807) is 11.8 Å². The standard InChI is InChI=1S/C28H35F3N8O/c1-15(2)21-11-22(28(29,30)31)38-39(21)20-9-8-19(17-6-7-18(20)10-17)12-32-27-36-14-34-25(37-27)23-24(16-4-5-16)33-13-35-26(23)40-3/h11,13-20H,4-10,12H2,1-3H3,(H,32,34,36,37). The Morgan fingerprint density at radius 2 is 1.77 bits per heavy atom. The van der Waals surface area contributed by atoms with Crippen LogP contribution in [0, 0.1) is 17.8 Å². The Bertz CT molecular complexity index is 1360. The molecule has 3 aliphatic carbocycles. The maximum absolute atomic E-state index is 13.5. The number of anilines is 1. The topological polar surface area (TPSA) is 104 Å². The molecule has 12 heteroatoms. The Kier molecular flexibility index (Phi) is 7.12. The zero-order valence-corrected chi connectivity index (χ0v) is 23.0. The summed E-state index contributed by atoms with van der Waals surface area (Å²) in [4.78, 5) is 22.2. The molecule has 0 saturated heterocycles. The maximum atomic E-state index is 13.5. The van der Waals surface area contributed by atoms with Crippen LogP contribution in [0.4, 0.5) is 19.1 Å². The van der Waals surface area contributed by atoms with Gasteiger partial charge >= 0.3 is 6.18 Å². The number of nitrogens with one attached hydrogen (secondary N) is 1. The quantitative estimate of drug-likeness (QED) is 0.359. The summed E-state index contributed by atoms with van der Waals surface area (Å²) in [5.74, 6) is 2.97. The fraction of sp³-hybridized carbons (Fsp3) is 0.643. The summed E-state index contributed by atoms with van der Waals surface area (Å²) in [6.07, 6.45) is 5.51. The lowest BCUT2D eigenvalue weighted by Gasteiger charge is -2.27. The van der Waals surface area contributed by atoms with Gasteiger partial charge in [-0.05, 0) is 74.7 Å². The number of methoxy groups -OCH3 is 1. The molecule has 9 nitrogen and oxygen atoms in total. The van der Waals surface area contributed by atoms with Crippen LogP contribution in [0.2, 0.25) is 0 Å². The van der Waals surface area contributed by atoms with Crippen molar-refractivity contribution in [3.8, 4) is 17.3 Å². The molecule has 3 heterocycles. The first kappa shape index (κ1) is 26.9. The van der Waals surface area contributed by atoms with E-state index in [1.165, 1.54) is 18.7 Å². The van der Waals surface area contributed by atoms with Gasteiger partial charge in [0.05, 0.1) is 18.8 Å². The van der Waals surface area contributed by atoms with Crippen LogP contribution in [0.25, 0.3) is 11.4 Å². The second kappa shape index (κ2) is 10.6. The van der Waals surface area contributed by atoms with E-state index in [2.05, 4.69) is 30.4 Å². The number of rotatable bonds is 8. The third-order valence-electron chi connectivity index (χ3n) is 8.84. The number of halogens is 3. The molecule has 0 aliphatic heterocycles. The van der Waals surface area contributed by atoms with Gasteiger partial charge in [-0.1, -0.05) is 13.8 Å². The molecule has 3 fully saturated rings. The van der Waals surface area contributed by atoms with Crippen LogP contribution in [0.5, 0.6) is 5.88 Å². The molecule has 1 N–H and O–H groups in total. The number of alkyl halides is 3. The highest BCUT2D eigenvalue weighted by Gasteiger charge is 2.42. The van der Waals surface area contributed by atoms with Crippen molar-refractivity contribution in [2.45, 2.75) is 82.8 Å². The Labute approximate surface area is 231 Å². The molecule has 0 aromatic carbocycles. The molecule has 0 amide bonds. The Morgan fingerprint density at radius 1 is 1.00 bits per heavy atom. The highest BCUT2D eigenvalue weighted by molar-refractivity contribution is 5.66. The van der Waals surface area contributed by atoms with Gasteiger partial charge in [-0.3, -0.25) is 4.68 Å². The fourth-order valence-corrected chi connectivity index (χ4v) is 6.66. The normalized spacial score (nSPS) is 24.8. The summed E-state index contributed by atoms with van der Waals surface area (Å²) in [6.45, 7) is 4.56. The van der Waals surface area contributed by atoms with Gasteiger partial charge in [0.15, 0.2) is 11.5 Å². The lowest BCUT2D eigenvalue weighted by atomic mass is 9.87. The van der Waals surface area contributed by atoms with E-state index in [0.717, 1.165) is 50.6 Å². The minimum Gasteiger partial charge on any atom is -0.480 e. The van der Waals surface area contributed by atoms with Gasteiger partial charge < -0.3 is 10.1 Å². The summed E-state index contributed by atoms with van der Waals surface area (Å²) in [7, 11) is 1.58. The number of aromatic nitrogens is 7. The SMILES string of the molecule is COc1ncnc(C2CC2)c1-c1ncnc(NCC2CCC(n3nc(C(F)(F)F)cc3C(C)C)C3CCC2C3)n1. The predicted octanol–water partition coefficient (Wildman–Crippen LogP) is 6.03. The van der Waals surface area contributed by atoms with Crippen molar-refractivity contribution in [1.82, 2.24) is 34.7 Å². The molecular weight excluding hydrogens is 521 g/mol. The van der Waals surface area contributed by atoms with Crippen LogP contribution >= 0.6 is 0 Å². The third kappa shape index (κ3) is 5.24. The van der Waals surface area contributed by atoms with Crippen molar-refractivity contribution >= 4 is 5.95 Å². The molecule has 4 atom stereocenters. The highest BCUT2D eigenvalue weighted by atomic mass is 19.4. The molecule has 3 saturated carbocycles. The van der Waals surface area contributed by atoms with Crippen molar-refractivity contribution in [3.05, 3.63) is 35.8 Å². The van der Waals surface area contributed by atoms with E-state index in [9.17, 15) is 13.2 Å². The van der Waals surface area contributed by atoms with E-state index >= 15 is 0 Å². The van der Waals surface area contributed by atoms with E-state index in [-0.39, 0.29) is 12.0 Å². The number of ether oxygens (including phenoxy) is 1. The fourth-order valence-electron chi connectivity index (χ4n) is 6.66. The largest absolute Gasteiger partial charge is 0.480 e. The predicted molar refractivity (Wildman–Crippen MR) is 142 cm³/mol. The van der Waals surface area contributed by atoms with Crippen LogP contribution in [0.3, 0.4) is 0 Å². The zero-order valence-electron chi connectivity index (χ0n) is 23.0. The second-order valence-corrected chi connectivity index (χ2v) is 11.7. The number of hydrogen-bond acceptors (Lipinski definition) is 8. The van der Waals surface area contributed by atoms with Crippen molar-refractivity contribution in [2.24, 2.45) is 17.8 Å². The molecule has 4 unspecified atom stereocenters. The molecule has 2 bridgehead atoms. The van der Waals surface area contributed by atoms with Gasteiger partial charge in [-0.25, -0.2) is 19.9 Å². The van der Waals surface area contributed by atoms with Gasteiger partial charge in [-0.2, -0.15) is 23.3 Å². The summed E-state index contributed by atoms with van der Waals surface area (Å²) < 4.78 is 47.8. The van der Waals surface area contributed by atoms with Crippen LogP contribution in [-0.2, 0) is 6.18 Å². The second-order valence-electron chi connectivity index (χ2n) is 11.7. The van der Waals surface area contributed by atoms with E-state index in [0.29, 0.717) is 59.1 Å². The lowest BCUT2D eigenvalue weighted by Crippen LogP contribution is -2.23. The lowest BCUT2D eigenvalue weighted by molar-refractivity contribution is -0.141. The van der Waals surface area contributed by atoms with Crippen molar-refractivity contribution in [2.75, 3.05) is 19.0 Å². The number of fused-ring (bicyclic) bond motifs is 2. The summed E-state index contributed by atoms with van der Waals surface area (Å²) >= 11 is 0. The molecule has 40 heavy (non-hydrogen) atoms. The Balaban J connectivity index is 1.19. The molecule has 6 rings (SSSR count). The Hall–Kier alpha value is -3.31. The smallest absolute Gasteiger partial charge is 0.435 e. The first-order valence-electron chi connectivity index (χ1n) is 14.2. The summed E-state index contributed by atoms with van der Waals surface area (Å²) in [5.41, 5.74) is 1.50. The van der Waals surface area contributed by atoms with Crippen LogP contribution in [0.1, 0.15) is 93.8 Å². The minimum absolute atomic E-state index is 0.0151. The van der Waals surface area contributed by atoms with Gasteiger partial charge in [0.2, 0.25) is 11.8 Å². The van der Waals surface area contributed by atoms with Crippen molar-refractivity contribution in [1.29, 1.82) is 0 Å². The third-order valence-corrected chi connectivity index (χ3v) is 8.84. The van der Waals surface area contributed by atoms with E-state index in [1.807, 2.05) is 13.8 Å². The minimum atomic E-state index is -4.44.